The van der Waals surface area contributed by atoms with Crippen LogP contribution in [0.3, 0.4) is 0 Å². The van der Waals surface area contributed by atoms with Crippen molar-refractivity contribution in [3.63, 3.8) is 0 Å². The first kappa shape index (κ1) is 22.7. The van der Waals surface area contributed by atoms with E-state index in [1.807, 2.05) is 0 Å². The van der Waals surface area contributed by atoms with Gasteiger partial charge in [-0.25, -0.2) is 13.2 Å². The molecule has 0 aliphatic carbocycles. The Morgan fingerprint density at radius 1 is 1.24 bits per heavy atom. The van der Waals surface area contributed by atoms with Crippen LogP contribution in [0.4, 0.5) is 11.4 Å². The number of anilines is 2. The number of nitrogens with one attached hydrogen (secondary N) is 1. The van der Waals surface area contributed by atoms with E-state index in [1.165, 1.54) is 29.6 Å². The third kappa shape index (κ3) is 4.51. The normalized spacial score (nSPS) is 15.0. The topological polar surface area (TPSA) is 126 Å². The van der Waals surface area contributed by atoms with E-state index in [4.69, 9.17) is 9.15 Å². The van der Waals surface area contributed by atoms with Gasteiger partial charge in [-0.1, -0.05) is 0 Å². The number of rotatable bonds is 6. The number of nitrogens with zero attached hydrogens (tertiary/aromatic N) is 1. The molecule has 4 rings (SSSR count). The van der Waals surface area contributed by atoms with E-state index in [9.17, 15) is 23.1 Å². The lowest BCUT2D eigenvalue weighted by Crippen LogP contribution is -2.25. The summed E-state index contributed by atoms with van der Waals surface area (Å²) in [5.41, 5.74) is 1.48. The molecule has 0 radical (unpaired) electrons. The van der Waals surface area contributed by atoms with Gasteiger partial charge >= 0.3 is 5.63 Å². The largest absolute Gasteiger partial charge is 0.506 e. The Kier molecular flexibility index (Phi) is 6.03. The number of phenols is 1. The molecule has 1 aliphatic rings. The summed E-state index contributed by atoms with van der Waals surface area (Å²) in [4.78, 5) is 25.1. The highest BCUT2D eigenvalue weighted by molar-refractivity contribution is 7.93. The predicted octanol–water partition coefficient (Wildman–Crippen LogP) is 2.93. The first-order valence-corrected chi connectivity index (χ1v) is 12.0. The maximum atomic E-state index is 12.6. The van der Waals surface area contributed by atoms with Crippen LogP contribution in [0.5, 0.6) is 11.5 Å². The maximum Gasteiger partial charge on any atom is 0.339 e. The number of aromatic hydroxyl groups is 1. The standard InChI is InChI=1S/C23H24N2O7S/c1-14-17-6-5-16(31-2)13-21(17)32-23(28)18(14)7-9-22(27)24-19-12-15(4-8-20(19)26)25-10-3-11-33(25,29)30/h4-6,8,12-13,26H,3,7,9-11H2,1-2H3,(H,24,27). The number of aryl methyl sites for hydroxylation is 1. The number of phenolic OH excluding ortho intramolecular Hbond substituents is 1. The summed E-state index contributed by atoms with van der Waals surface area (Å²) in [6.45, 7) is 2.15. The van der Waals surface area contributed by atoms with E-state index in [2.05, 4.69) is 5.32 Å². The molecule has 0 unspecified atom stereocenters. The van der Waals surface area contributed by atoms with Crippen LogP contribution in [0.2, 0.25) is 0 Å². The highest BCUT2D eigenvalue weighted by Crippen LogP contribution is 2.32. The number of benzene rings is 2. The Labute approximate surface area is 190 Å². The SMILES string of the molecule is COc1ccc2c(C)c(CCC(=O)Nc3cc(N4CCCS4(=O)=O)ccc3O)c(=O)oc2c1. The van der Waals surface area contributed by atoms with Crippen LogP contribution in [-0.4, -0.2) is 38.8 Å². The summed E-state index contributed by atoms with van der Waals surface area (Å²) < 4.78 is 36.2. The molecule has 2 aromatic carbocycles. The summed E-state index contributed by atoms with van der Waals surface area (Å²) in [7, 11) is -1.87. The zero-order valence-electron chi connectivity index (χ0n) is 18.3. The van der Waals surface area contributed by atoms with Gasteiger partial charge in [-0.3, -0.25) is 9.10 Å². The Morgan fingerprint density at radius 3 is 2.73 bits per heavy atom. The second-order valence-electron chi connectivity index (χ2n) is 7.85. The van der Waals surface area contributed by atoms with Crippen LogP contribution in [0, 0.1) is 6.92 Å². The van der Waals surface area contributed by atoms with Crippen LogP contribution in [-0.2, 0) is 21.2 Å². The molecule has 0 atom stereocenters. The second-order valence-corrected chi connectivity index (χ2v) is 9.86. The van der Waals surface area contributed by atoms with Crippen molar-refractivity contribution in [1.29, 1.82) is 0 Å². The van der Waals surface area contributed by atoms with E-state index >= 15 is 0 Å². The number of ether oxygens (including phenoxy) is 1. The van der Waals surface area contributed by atoms with Crippen molar-refractivity contribution in [3.05, 3.63) is 57.9 Å². The van der Waals surface area contributed by atoms with Gasteiger partial charge in [0.05, 0.1) is 24.2 Å². The fourth-order valence-corrected chi connectivity index (χ4v) is 5.51. The molecule has 33 heavy (non-hydrogen) atoms. The number of amides is 1. The van der Waals surface area contributed by atoms with Gasteiger partial charge in [0.25, 0.3) is 0 Å². The van der Waals surface area contributed by atoms with Gasteiger partial charge in [-0.05, 0) is 55.7 Å². The van der Waals surface area contributed by atoms with Crippen LogP contribution >= 0.6 is 0 Å². The molecule has 0 spiro atoms. The number of hydrogen-bond donors (Lipinski definition) is 2. The quantitative estimate of drug-likeness (QED) is 0.417. The zero-order valence-corrected chi connectivity index (χ0v) is 19.1. The first-order chi connectivity index (χ1) is 15.7. The maximum absolute atomic E-state index is 12.6. The molecular weight excluding hydrogens is 448 g/mol. The minimum absolute atomic E-state index is 0.0288. The average molecular weight is 473 g/mol. The number of methoxy groups -OCH3 is 1. The van der Waals surface area contributed by atoms with Crippen molar-refractivity contribution in [3.8, 4) is 11.5 Å². The molecule has 10 heteroatoms. The summed E-state index contributed by atoms with van der Waals surface area (Å²) in [5.74, 6) is 0.0242. The van der Waals surface area contributed by atoms with E-state index in [0.717, 1.165) is 10.9 Å². The highest BCUT2D eigenvalue weighted by atomic mass is 32.2. The molecule has 1 fully saturated rings. The average Bonchev–Trinajstić information content (AvgIpc) is 3.13. The predicted molar refractivity (Wildman–Crippen MR) is 125 cm³/mol. The molecule has 9 nitrogen and oxygen atoms in total. The van der Waals surface area contributed by atoms with Gasteiger partial charge < -0.3 is 19.6 Å². The van der Waals surface area contributed by atoms with Crippen LogP contribution < -0.4 is 20.0 Å². The number of fused-ring (bicyclic) bond motifs is 1. The zero-order chi connectivity index (χ0) is 23.8. The van der Waals surface area contributed by atoms with Crippen molar-refractivity contribution >= 4 is 38.3 Å². The van der Waals surface area contributed by atoms with Gasteiger partial charge in [0.15, 0.2) is 0 Å². The van der Waals surface area contributed by atoms with Gasteiger partial charge in [0.2, 0.25) is 15.9 Å². The Balaban J connectivity index is 1.51. The summed E-state index contributed by atoms with van der Waals surface area (Å²) >= 11 is 0. The summed E-state index contributed by atoms with van der Waals surface area (Å²) in [6.07, 6.45) is 0.632. The van der Waals surface area contributed by atoms with Gasteiger partial charge in [-0.2, -0.15) is 0 Å². The molecule has 174 valence electrons. The fourth-order valence-electron chi connectivity index (χ4n) is 3.95. The van der Waals surface area contributed by atoms with Crippen molar-refractivity contribution < 1.29 is 27.5 Å². The lowest BCUT2D eigenvalue weighted by atomic mass is 10.0. The second kappa shape index (κ2) is 8.78. The minimum atomic E-state index is -3.39. The van der Waals surface area contributed by atoms with Gasteiger partial charge in [-0.15, -0.1) is 0 Å². The number of sulfonamides is 1. The van der Waals surface area contributed by atoms with Crippen molar-refractivity contribution in [2.45, 2.75) is 26.2 Å². The molecule has 1 amide bonds. The lowest BCUT2D eigenvalue weighted by molar-refractivity contribution is -0.116. The Hall–Kier alpha value is -3.53. The molecule has 0 saturated carbocycles. The Bertz CT molecular complexity index is 1400. The monoisotopic (exact) mass is 472 g/mol. The molecule has 1 aromatic heterocycles. The van der Waals surface area contributed by atoms with Gasteiger partial charge in [0, 0.05) is 30.0 Å². The fraction of sp³-hybridized carbons (Fsp3) is 0.304. The molecule has 1 saturated heterocycles. The van der Waals surface area contributed by atoms with Crippen molar-refractivity contribution in [2.75, 3.05) is 29.0 Å². The molecule has 0 bridgehead atoms. The molecule has 2 N–H and O–H groups in total. The number of carbonyl (C=O) groups is 1. The van der Waals surface area contributed by atoms with E-state index in [-0.39, 0.29) is 30.0 Å². The molecule has 2 heterocycles. The molecule has 3 aromatic rings. The molecule has 1 aliphatic heterocycles. The Morgan fingerprint density at radius 2 is 2.03 bits per heavy atom. The lowest BCUT2D eigenvalue weighted by Gasteiger charge is -2.18. The minimum Gasteiger partial charge on any atom is -0.506 e. The molecular formula is C23H24N2O7S. The van der Waals surface area contributed by atoms with Crippen LogP contribution in [0.15, 0.2) is 45.6 Å². The van der Waals surface area contributed by atoms with Crippen molar-refractivity contribution in [2.24, 2.45) is 0 Å². The van der Waals surface area contributed by atoms with Crippen LogP contribution in [0.25, 0.3) is 11.0 Å². The summed E-state index contributed by atoms with van der Waals surface area (Å²) in [5, 5.41) is 13.5. The van der Waals surface area contributed by atoms with Crippen molar-refractivity contribution in [1.82, 2.24) is 0 Å². The van der Waals surface area contributed by atoms with E-state index in [1.54, 1.807) is 25.1 Å². The number of hydrogen-bond acceptors (Lipinski definition) is 7. The highest BCUT2D eigenvalue weighted by Gasteiger charge is 2.29. The van der Waals surface area contributed by atoms with E-state index < -0.39 is 21.6 Å². The first-order valence-electron chi connectivity index (χ1n) is 10.4. The number of carbonyl (C=O) groups excluding carboxylic acids is 1. The van der Waals surface area contributed by atoms with E-state index in [0.29, 0.717) is 35.5 Å². The third-order valence-corrected chi connectivity index (χ3v) is 7.61. The van der Waals surface area contributed by atoms with Gasteiger partial charge in [0.1, 0.15) is 17.1 Å². The third-order valence-electron chi connectivity index (χ3n) is 5.74. The van der Waals surface area contributed by atoms with Crippen LogP contribution in [0.1, 0.15) is 24.0 Å². The smallest absolute Gasteiger partial charge is 0.339 e. The summed E-state index contributed by atoms with van der Waals surface area (Å²) in [6, 6.07) is 9.46.